The molecular formula is C32H28O11. The van der Waals surface area contributed by atoms with Crippen LogP contribution in [0, 0.1) is 6.92 Å². The van der Waals surface area contributed by atoms with Gasteiger partial charge in [-0.3, -0.25) is 9.59 Å². The molecule has 3 N–H and O–H groups in total. The summed E-state index contributed by atoms with van der Waals surface area (Å²) >= 11 is 0. The molecule has 4 aromatic carbocycles. The summed E-state index contributed by atoms with van der Waals surface area (Å²) in [5, 5.41) is 34.5. The van der Waals surface area contributed by atoms with E-state index in [1.807, 2.05) is 0 Å². The minimum atomic E-state index is -1.91. The molecular weight excluding hydrogens is 560 g/mol. The Morgan fingerprint density at radius 1 is 0.837 bits per heavy atom. The number of phenolic OH excluding ortho intramolecular Hbond substituents is 2. The van der Waals surface area contributed by atoms with Crippen molar-refractivity contribution in [2.75, 3.05) is 28.4 Å². The minimum absolute atomic E-state index is 0.0443. The lowest BCUT2D eigenvalue weighted by molar-refractivity contribution is -0.122. The fourth-order valence-corrected chi connectivity index (χ4v) is 5.84. The Morgan fingerprint density at radius 2 is 1.56 bits per heavy atom. The standard InChI is InChI=1S/C32H28O11/c1-13-12-42-30-21-14(7-17(33)24(30)27(13)35)8-19(39-4)26(29(21)41-6)23-16-9-15(38-3)10-20(40-5)22(16)28(36)25-18(34)11-32(2,37)43-31(23)25/h7-10,12,33,36-37H,11H2,1-6H3. The van der Waals surface area contributed by atoms with Crippen molar-refractivity contribution < 1.29 is 48.2 Å². The van der Waals surface area contributed by atoms with E-state index in [9.17, 15) is 24.9 Å². The maximum atomic E-state index is 13.5. The minimum Gasteiger partial charge on any atom is -0.507 e. The fourth-order valence-electron chi connectivity index (χ4n) is 5.84. The van der Waals surface area contributed by atoms with Crippen LogP contribution in [0.25, 0.3) is 43.6 Å². The first-order valence-corrected chi connectivity index (χ1v) is 13.2. The van der Waals surface area contributed by atoms with Crippen molar-refractivity contribution in [3.05, 3.63) is 51.9 Å². The zero-order valence-corrected chi connectivity index (χ0v) is 24.2. The molecule has 0 amide bonds. The highest BCUT2D eigenvalue weighted by atomic mass is 16.6. The van der Waals surface area contributed by atoms with Crippen LogP contribution >= 0.6 is 0 Å². The highest BCUT2D eigenvalue weighted by molar-refractivity contribution is 6.20. The zero-order chi connectivity index (χ0) is 31.0. The molecule has 1 unspecified atom stereocenters. The van der Waals surface area contributed by atoms with Crippen molar-refractivity contribution >= 4 is 38.3 Å². The molecule has 1 aromatic heterocycles. The van der Waals surface area contributed by atoms with Gasteiger partial charge < -0.3 is 43.4 Å². The second-order valence-corrected chi connectivity index (χ2v) is 10.5. The first kappa shape index (κ1) is 28.0. The van der Waals surface area contributed by atoms with Gasteiger partial charge in [-0.1, -0.05) is 0 Å². The maximum absolute atomic E-state index is 13.5. The van der Waals surface area contributed by atoms with E-state index in [-0.39, 0.29) is 61.8 Å². The first-order valence-electron chi connectivity index (χ1n) is 13.2. The van der Waals surface area contributed by atoms with Crippen LogP contribution in [0.4, 0.5) is 0 Å². The van der Waals surface area contributed by atoms with Gasteiger partial charge in [0.15, 0.2) is 16.8 Å². The average Bonchev–Trinajstić information content (AvgIpc) is 2.96. The van der Waals surface area contributed by atoms with Gasteiger partial charge in [-0.15, -0.1) is 0 Å². The number of hydrogen-bond acceptors (Lipinski definition) is 11. The van der Waals surface area contributed by atoms with Crippen molar-refractivity contribution in [2.24, 2.45) is 0 Å². The highest BCUT2D eigenvalue weighted by Crippen LogP contribution is 2.57. The Hall–Kier alpha value is -5.16. The molecule has 11 heteroatoms. The summed E-state index contributed by atoms with van der Waals surface area (Å²) in [7, 11) is 5.70. The molecule has 0 saturated carbocycles. The monoisotopic (exact) mass is 588 g/mol. The fraction of sp³-hybridized carbons (Fsp3) is 0.250. The quantitative estimate of drug-likeness (QED) is 0.232. The van der Waals surface area contributed by atoms with Crippen molar-refractivity contribution in [1.29, 1.82) is 0 Å². The Bertz CT molecular complexity index is 2070. The van der Waals surface area contributed by atoms with Gasteiger partial charge in [0.25, 0.3) is 0 Å². The van der Waals surface area contributed by atoms with Crippen LogP contribution in [0.3, 0.4) is 0 Å². The van der Waals surface area contributed by atoms with E-state index in [4.69, 9.17) is 28.1 Å². The number of rotatable bonds is 5. The first-order chi connectivity index (χ1) is 20.5. The lowest BCUT2D eigenvalue weighted by atomic mass is 9.86. The van der Waals surface area contributed by atoms with Crippen LogP contribution < -0.4 is 29.1 Å². The van der Waals surface area contributed by atoms with Gasteiger partial charge in [0, 0.05) is 29.5 Å². The molecule has 1 atom stereocenters. The smallest absolute Gasteiger partial charge is 0.212 e. The van der Waals surface area contributed by atoms with Crippen molar-refractivity contribution in [3.63, 3.8) is 0 Å². The number of aliphatic hydroxyl groups is 1. The van der Waals surface area contributed by atoms with Crippen molar-refractivity contribution in [1.82, 2.24) is 0 Å². The molecule has 5 aromatic rings. The van der Waals surface area contributed by atoms with E-state index in [0.717, 1.165) is 0 Å². The van der Waals surface area contributed by atoms with E-state index in [1.165, 1.54) is 47.7 Å². The molecule has 6 rings (SSSR count). The summed E-state index contributed by atoms with van der Waals surface area (Å²) in [6, 6.07) is 6.19. The number of hydrogen-bond donors (Lipinski definition) is 3. The summed E-state index contributed by atoms with van der Waals surface area (Å²) in [6.07, 6.45) is 0.872. The van der Waals surface area contributed by atoms with Crippen LogP contribution in [0.5, 0.6) is 40.2 Å². The van der Waals surface area contributed by atoms with E-state index in [1.54, 1.807) is 25.1 Å². The molecule has 1 aliphatic rings. The average molecular weight is 589 g/mol. The number of fused-ring (bicyclic) bond motifs is 5. The van der Waals surface area contributed by atoms with Crippen LogP contribution in [0.1, 0.15) is 29.3 Å². The van der Waals surface area contributed by atoms with E-state index in [2.05, 4.69) is 0 Å². The number of aryl methyl sites for hydroxylation is 1. The van der Waals surface area contributed by atoms with Gasteiger partial charge >= 0.3 is 0 Å². The predicted octanol–water partition coefficient (Wildman–Crippen LogP) is 5.19. The second kappa shape index (κ2) is 9.70. The van der Waals surface area contributed by atoms with Crippen LogP contribution in [0.15, 0.2) is 39.7 Å². The molecule has 1 aliphatic heterocycles. The second-order valence-electron chi connectivity index (χ2n) is 10.5. The number of ketones is 1. The van der Waals surface area contributed by atoms with Crippen molar-refractivity contribution in [3.8, 4) is 51.4 Å². The number of methoxy groups -OCH3 is 4. The maximum Gasteiger partial charge on any atom is 0.212 e. The van der Waals surface area contributed by atoms with Gasteiger partial charge in [-0.25, -0.2) is 0 Å². The largest absolute Gasteiger partial charge is 0.507 e. The SMILES string of the molecule is COc1cc(OC)c2c(O)c3c(c(-c4c(OC)cc5cc(O)c6c(=O)c(C)coc6c5c4OC)c2c1)OC(C)(O)CC3=O. The summed E-state index contributed by atoms with van der Waals surface area (Å²) < 4.78 is 34.8. The molecule has 2 heterocycles. The normalized spacial score (nSPS) is 16.3. The Balaban J connectivity index is 1.92. The zero-order valence-electron chi connectivity index (χ0n) is 24.2. The molecule has 0 saturated heterocycles. The van der Waals surface area contributed by atoms with Gasteiger partial charge in [0.2, 0.25) is 5.79 Å². The molecule has 222 valence electrons. The molecule has 0 spiro atoms. The lowest BCUT2D eigenvalue weighted by Crippen LogP contribution is -2.39. The van der Waals surface area contributed by atoms with E-state index >= 15 is 0 Å². The number of Topliss-reactive ketones (excluding diaryl/α,β-unsaturated/α-hetero) is 1. The van der Waals surface area contributed by atoms with Crippen LogP contribution in [-0.2, 0) is 0 Å². The van der Waals surface area contributed by atoms with Gasteiger partial charge in [0.1, 0.15) is 51.2 Å². The number of carbonyl (C=O) groups excluding carboxylic acids is 1. The molecule has 0 fully saturated rings. The highest BCUT2D eigenvalue weighted by Gasteiger charge is 2.41. The number of ether oxygens (including phenoxy) is 5. The van der Waals surface area contributed by atoms with Gasteiger partial charge in [-0.2, -0.15) is 0 Å². The molecule has 0 aliphatic carbocycles. The summed E-state index contributed by atoms with van der Waals surface area (Å²) in [5.74, 6) is -2.38. The van der Waals surface area contributed by atoms with Crippen LogP contribution in [0.2, 0.25) is 0 Å². The van der Waals surface area contributed by atoms with Gasteiger partial charge in [-0.05, 0) is 30.5 Å². The topological polar surface area (TPSA) is 154 Å². The summed E-state index contributed by atoms with van der Waals surface area (Å²) in [4.78, 5) is 26.6. The van der Waals surface area contributed by atoms with E-state index < -0.39 is 29.2 Å². The predicted molar refractivity (Wildman–Crippen MR) is 157 cm³/mol. The Labute approximate surface area is 244 Å². The number of phenols is 2. The number of aromatic hydroxyl groups is 2. The summed E-state index contributed by atoms with van der Waals surface area (Å²) in [6.45, 7) is 2.91. The van der Waals surface area contributed by atoms with Crippen molar-refractivity contribution in [2.45, 2.75) is 26.1 Å². The third-order valence-corrected chi connectivity index (χ3v) is 7.71. The van der Waals surface area contributed by atoms with Gasteiger partial charge in [0.05, 0.1) is 57.5 Å². The molecule has 11 nitrogen and oxygen atoms in total. The summed E-state index contributed by atoms with van der Waals surface area (Å²) in [5.41, 5.74) is 0.213. The third kappa shape index (κ3) is 3.99. The molecule has 0 bridgehead atoms. The Morgan fingerprint density at radius 3 is 2.21 bits per heavy atom. The molecule has 43 heavy (non-hydrogen) atoms. The third-order valence-electron chi connectivity index (χ3n) is 7.71. The number of carbonyl (C=O) groups is 1. The van der Waals surface area contributed by atoms with E-state index in [0.29, 0.717) is 27.5 Å². The lowest BCUT2D eigenvalue weighted by Gasteiger charge is -2.33. The number of benzene rings is 4. The van der Waals surface area contributed by atoms with Crippen LogP contribution in [-0.4, -0.2) is 55.3 Å². The molecule has 0 radical (unpaired) electrons. The Kier molecular flexibility index (Phi) is 6.31.